The molecule has 2 saturated carbocycles. The highest BCUT2D eigenvalue weighted by atomic mass is 16.1. The maximum absolute atomic E-state index is 13.4. The molecule has 0 unspecified atom stereocenters. The molecule has 30 heavy (non-hydrogen) atoms. The van der Waals surface area contributed by atoms with Crippen molar-refractivity contribution in [2.75, 3.05) is 36.8 Å². The largest absolute Gasteiger partial charge is 0.383 e. The van der Waals surface area contributed by atoms with Crippen LogP contribution in [0, 0.1) is 0 Å². The maximum Gasteiger partial charge on any atom is 0.196 e. The van der Waals surface area contributed by atoms with E-state index in [1.165, 1.54) is 25.7 Å². The standard InChI is InChI=1S/C24H28N4O2/c29-23-17-3-1-2-4-18(17)24(30)22-20(28-14-12-26-16-7-8-16)10-9-19(21(22)23)27-13-11-25-15-5-6-15/h1-4,9-10,15-16,25-28H,5-8,11-14H2. The molecule has 0 aromatic heterocycles. The van der Waals surface area contributed by atoms with Crippen molar-refractivity contribution in [2.45, 2.75) is 37.8 Å². The van der Waals surface area contributed by atoms with Crippen molar-refractivity contribution in [1.82, 2.24) is 10.6 Å². The van der Waals surface area contributed by atoms with Gasteiger partial charge >= 0.3 is 0 Å². The van der Waals surface area contributed by atoms with Gasteiger partial charge in [-0.1, -0.05) is 24.3 Å². The Bertz CT molecular complexity index is 901. The summed E-state index contributed by atoms with van der Waals surface area (Å²) in [4.78, 5) is 26.7. The van der Waals surface area contributed by atoms with Crippen molar-refractivity contribution in [2.24, 2.45) is 0 Å². The fourth-order valence-electron chi connectivity index (χ4n) is 4.04. The first-order chi connectivity index (χ1) is 14.7. The Morgan fingerprint density at radius 3 is 1.47 bits per heavy atom. The molecule has 2 aromatic carbocycles. The Morgan fingerprint density at radius 2 is 1.07 bits per heavy atom. The van der Waals surface area contributed by atoms with Crippen molar-refractivity contribution in [3.05, 3.63) is 58.7 Å². The van der Waals surface area contributed by atoms with E-state index in [1.807, 2.05) is 24.3 Å². The van der Waals surface area contributed by atoms with Crippen molar-refractivity contribution in [3.63, 3.8) is 0 Å². The summed E-state index contributed by atoms with van der Waals surface area (Å²) < 4.78 is 0. The van der Waals surface area contributed by atoms with Crippen LogP contribution in [0.15, 0.2) is 36.4 Å². The number of rotatable bonds is 10. The third-order valence-corrected chi connectivity index (χ3v) is 5.98. The van der Waals surface area contributed by atoms with E-state index in [2.05, 4.69) is 21.3 Å². The van der Waals surface area contributed by atoms with Crippen molar-refractivity contribution in [1.29, 1.82) is 0 Å². The zero-order chi connectivity index (χ0) is 20.5. The van der Waals surface area contributed by atoms with Crippen molar-refractivity contribution < 1.29 is 9.59 Å². The lowest BCUT2D eigenvalue weighted by atomic mass is 9.82. The highest BCUT2D eigenvalue weighted by Gasteiger charge is 2.33. The van der Waals surface area contributed by atoms with Crippen LogP contribution in [0.1, 0.15) is 57.5 Å². The Hall–Kier alpha value is -2.70. The lowest BCUT2D eigenvalue weighted by Crippen LogP contribution is -2.28. The van der Waals surface area contributed by atoms with Crippen LogP contribution in [0.3, 0.4) is 0 Å². The molecule has 6 nitrogen and oxygen atoms in total. The molecule has 3 aliphatic rings. The molecule has 0 heterocycles. The van der Waals surface area contributed by atoms with Gasteiger partial charge in [-0.05, 0) is 37.8 Å². The molecule has 0 spiro atoms. The first-order valence-electron chi connectivity index (χ1n) is 11.0. The summed E-state index contributed by atoms with van der Waals surface area (Å²) in [6.45, 7) is 3.10. The summed E-state index contributed by atoms with van der Waals surface area (Å²) >= 11 is 0. The predicted molar refractivity (Wildman–Crippen MR) is 119 cm³/mol. The number of anilines is 2. The smallest absolute Gasteiger partial charge is 0.196 e. The Morgan fingerprint density at radius 1 is 0.633 bits per heavy atom. The van der Waals surface area contributed by atoms with Gasteiger partial charge in [0, 0.05) is 60.8 Å². The molecule has 5 rings (SSSR count). The number of benzene rings is 2. The van der Waals surface area contributed by atoms with E-state index in [0.717, 1.165) is 24.5 Å². The van der Waals surface area contributed by atoms with Gasteiger partial charge in [0.25, 0.3) is 0 Å². The van der Waals surface area contributed by atoms with Gasteiger partial charge in [0.2, 0.25) is 0 Å². The van der Waals surface area contributed by atoms with Gasteiger partial charge in [-0.2, -0.15) is 0 Å². The zero-order valence-electron chi connectivity index (χ0n) is 17.1. The highest BCUT2D eigenvalue weighted by Crippen LogP contribution is 2.36. The lowest BCUT2D eigenvalue weighted by Gasteiger charge is -2.24. The minimum Gasteiger partial charge on any atom is -0.383 e. The van der Waals surface area contributed by atoms with Crippen molar-refractivity contribution >= 4 is 22.9 Å². The topological polar surface area (TPSA) is 82.3 Å². The number of carbonyl (C=O) groups is 2. The number of hydrogen-bond donors (Lipinski definition) is 4. The fourth-order valence-corrected chi connectivity index (χ4v) is 4.04. The summed E-state index contributed by atoms with van der Waals surface area (Å²) in [5, 5.41) is 13.7. The van der Waals surface area contributed by atoms with Gasteiger partial charge in [-0.3, -0.25) is 9.59 Å². The average Bonchev–Trinajstić information content (AvgIpc) is 3.68. The molecule has 0 bridgehead atoms. The molecular weight excluding hydrogens is 376 g/mol. The zero-order valence-corrected chi connectivity index (χ0v) is 17.1. The van der Waals surface area contributed by atoms with Gasteiger partial charge in [0.05, 0.1) is 11.1 Å². The normalized spacial score (nSPS) is 17.5. The Balaban J connectivity index is 1.41. The van der Waals surface area contributed by atoms with E-state index < -0.39 is 0 Å². The van der Waals surface area contributed by atoms with Gasteiger partial charge in [-0.15, -0.1) is 0 Å². The summed E-state index contributed by atoms with van der Waals surface area (Å²) in [7, 11) is 0. The molecule has 2 fully saturated rings. The lowest BCUT2D eigenvalue weighted by molar-refractivity contribution is 0.0980. The van der Waals surface area contributed by atoms with E-state index in [4.69, 9.17) is 0 Å². The van der Waals surface area contributed by atoms with E-state index in [1.54, 1.807) is 12.1 Å². The molecule has 0 saturated heterocycles. The van der Waals surface area contributed by atoms with E-state index in [9.17, 15) is 9.59 Å². The first-order valence-corrected chi connectivity index (χ1v) is 11.0. The predicted octanol–water partition coefficient (Wildman–Crippen LogP) is 2.79. The first kappa shape index (κ1) is 19.3. The summed E-state index contributed by atoms with van der Waals surface area (Å²) in [6, 6.07) is 12.3. The molecule has 0 radical (unpaired) electrons. The van der Waals surface area contributed by atoms with Crippen LogP contribution >= 0.6 is 0 Å². The molecule has 156 valence electrons. The van der Waals surface area contributed by atoms with Crippen LogP contribution in [0.2, 0.25) is 0 Å². The van der Waals surface area contributed by atoms with Crippen LogP contribution in [0.25, 0.3) is 0 Å². The molecule has 4 N–H and O–H groups in total. The van der Waals surface area contributed by atoms with E-state index in [0.29, 0.717) is 47.4 Å². The van der Waals surface area contributed by atoms with Gasteiger partial charge in [-0.25, -0.2) is 0 Å². The van der Waals surface area contributed by atoms with E-state index in [-0.39, 0.29) is 11.6 Å². The second-order valence-electron chi connectivity index (χ2n) is 8.42. The van der Waals surface area contributed by atoms with Crippen LogP contribution in [0.4, 0.5) is 11.4 Å². The van der Waals surface area contributed by atoms with E-state index >= 15 is 0 Å². The van der Waals surface area contributed by atoms with Gasteiger partial charge < -0.3 is 21.3 Å². The summed E-state index contributed by atoms with van der Waals surface area (Å²) in [5.74, 6) is -0.171. The second kappa shape index (κ2) is 8.20. The number of carbonyl (C=O) groups excluding carboxylic acids is 2. The van der Waals surface area contributed by atoms with Gasteiger partial charge in [0.15, 0.2) is 11.6 Å². The van der Waals surface area contributed by atoms with Crippen molar-refractivity contribution in [3.8, 4) is 0 Å². The molecule has 3 aliphatic carbocycles. The van der Waals surface area contributed by atoms with Crippen LogP contribution in [0.5, 0.6) is 0 Å². The Labute approximate surface area is 176 Å². The Kier molecular flexibility index (Phi) is 5.27. The number of ketones is 2. The molecule has 2 aromatic rings. The van der Waals surface area contributed by atoms with Crippen LogP contribution < -0.4 is 21.3 Å². The number of nitrogens with one attached hydrogen (secondary N) is 4. The molecule has 0 amide bonds. The SMILES string of the molecule is O=C1c2ccccc2C(=O)c2c(NCCNC3CC3)ccc(NCCNC3CC3)c21. The summed E-state index contributed by atoms with van der Waals surface area (Å²) in [6.07, 6.45) is 4.98. The monoisotopic (exact) mass is 404 g/mol. The average molecular weight is 405 g/mol. The third-order valence-electron chi connectivity index (χ3n) is 5.98. The quantitative estimate of drug-likeness (QED) is 0.389. The second-order valence-corrected chi connectivity index (χ2v) is 8.42. The van der Waals surface area contributed by atoms with Crippen LogP contribution in [-0.4, -0.2) is 49.8 Å². The molecule has 6 heteroatoms. The minimum absolute atomic E-state index is 0.0855. The fraction of sp³-hybridized carbons (Fsp3) is 0.417. The molecular formula is C24H28N4O2. The molecule has 0 atom stereocenters. The molecule has 0 aliphatic heterocycles. The third kappa shape index (κ3) is 3.98. The number of fused-ring (bicyclic) bond motifs is 2. The summed E-state index contributed by atoms with van der Waals surface area (Å²) in [5.41, 5.74) is 3.42. The minimum atomic E-state index is -0.0855. The number of hydrogen-bond acceptors (Lipinski definition) is 6. The van der Waals surface area contributed by atoms with Crippen LogP contribution in [-0.2, 0) is 0 Å². The van der Waals surface area contributed by atoms with Gasteiger partial charge in [0.1, 0.15) is 0 Å². The highest BCUT2D eigenvalue weighted by molar-refractivity contribution is 6.31. The maximum atomic E-state index is 13.4.